The highest BCUT2D eigenvalue weighted by atomic mass is 32.1. The number of non-ortho nitro benzene ring substituents is 1. The van der Waals surface area contributed by atoms with Gasteiger partial charge in [0.15, 0.2) is 23.0 Å². The minimum Gasteiger partial charge on any atom is -0.493 e. The topological polar surface area (TPSA) is 93.0 Å². The van der Waals surface area contributed by atoms with Crippen molar-refractivity contribution < 1.29 is 23.9 Å². The zero-order valence-electron chi connectivity index (χ0n) is 15.5. The van der Waals surface area contributed by atoms with Gasteiger partial charge in [-0.15, -0.1) is 11.3 Å². The van der Waals surface area contributed by atoms with E-state index in [1.807, 2.05) is 23.6 Å². The highest BCUT2D eigenvalue weighted by Crippen LogP contribution is 2.34. The van der Waals surface area contributed by atoms with Gasteiger partial charge in [0, 0.05) is 17.0 Å². The molecule has 28 heavy (non-hydrogen) atoms. The number of ether oxygens (including phenoxy) is 4. The van der Waals surface area contributed by atoms with E-state index in [1.54, 1.807) is 14.2 Å². The number of hydrogen-bond acceptors (Lipinski definition) is 8. The highest BCUT2D eigenvalue weighted by molar-refractivity contribution is 7.13. The van der Waals surface area contributed by atoms with Crippen molar-refractivity contribution in [2.45, 2.75) is 6.61 Å². The fourth-order valence-electron chi connectivity index (χ4n) is 2.52. The van der Waals surface area contributed by atoms with Crippen molar-refractivity contribution in [2.75, 3.05) is 21.3 Å². The van der Waals surface area contributed by atoms with Crippen LogP contribution < -0.4 is 18.9 Å². The summed E-state index contributed by atoms with van der Waals surface area (Å²) >= 11 is 1.46. The minimum absolute atomic E-state index is 0.0694. The van der Waals surface area contributed by atoms with Crippen LogP contribution in [-0.2, 0) is 6.61 Å². The molecule has 0 aliphatic carbocycles. The van der Waals surface area contributed by atoms with E-state index in [0.29, 0.717) is 22.9 Å². The standard InChI is InChI=1S/C19H18N2O6S/c1-24-15-6-4-12(8-17(15)26-3)19-20-13(11-28-19)10-27-18-9-14(21(22)23)5-7-16(18)25-2/h4-9,11H,10H2,1-3H3. The summed E-state index contributed by atoms with van der Waals surface area (Å²) in [5.41, 5.74) is 1.52. The predicted molar refractivity (Wildman–Crippen MR) is 105 cm³/mol. The van der Waals surface area contributed by atoms with Crippen molar-refractivity contribution in [3.05, 3.63) is 57.6 Å². The van der Waals surface area contributed by atoms with Crippen LogP contribution in [0, 0.1) is 10.1 Å². The summed E-state index contributed by atoms with van der Waals surface area (Å²) in [4.78, 5) is 15.0. The zero-order chi connectivity index (χ0) is 20.1. The number of nitrogens with zero attached hydrogens (tertiary/aromatic N) is 2. The maximum atomic E-state index is 11.0. The molecule has 0 aliphatic heterocycles. The summed E-state index contributed by atoms with van der Waals surface area (Å²) < 4.78 is 21.5. The lowest BCUT2D eigenvalue weighted by Gasteiger charge is -2.09. The van der Waals surface area contributed by atoms with Crippen molar-refractivity contribution in [1.82, 2.24) is 4.98 Å². The smallest absolute Gasteiger partial charge is 0.273 e. The molecule has 0 spiro atoms. The van der Waals surface area contributed by atoms with Crippen LogP contribution in [-0.4, -0.2) is 31.2 Å². The Morgan fingerprint density at radius 3 is 2.32 bits per heavy atom. The summed E-state index contributed by atoms with van der Waals surface area (Å²) in [6, 6.07) is 9.77. The van der Waals surface area contributed by atoms with Crippen molar-refractivity contribution in [3.63, 3.8) is 0 Å². The first kappa shape index (κ1) is 19.4. The molecule has 0 fully saturated rings. The lowest BCUT2D eigenvalue weighted by Crippen LogP contribution is -1.99. The number of benzene rings is 2. The van der Waals surface area contributed by atoms with Crippen LogP contribution in [0.5, 0.6) is 23.0 Å². The summed E-state index contributed by atoms with van der Waals surface area (Å²) in [6.07, 6.45) is 0. The molecule has 0 saturated carbocycles. The third kappa shape index (κ3) is 4.15. The number of nitro benzene ring substituents is 1. The van der Waals surface area contributed by atoms with Crippen LogP contribution >= 0.6 is 11.3 Å². The molecule has 0 bridgehead atoms. The number of thiazole rings is 1. The molecule has 0 aliphatic rings. The first-order valence-electron chi connectivity index (χ1n) is 8.17. The molecule has 1 aromatic heterocycles. The first-order chi connectivity index (χ1) is 13.5. The second kappa shape index (κ2) is 8.57. The van der Waals surface area contributed by atoms with E-state index in [9.17, 15) is 10.1 Å². The lowest BCUT2D eigenvalue weighted by atomic mass is 10.2. The Morgan fingerprint density at radius 2 is 1.64 bits per heavy atom. The fraction of sp³-hybridized carbons (Fsp3) is 0.211. The Morgan fingerprint density at radius 1 is 0.964 bits per heavy atom. The second-order valence-electron chi connectivity index (χ2n) is 5.59. The fourth-order valence-corrected chi connectivity index (χ4v) is 3.32. The Kier molecular flexibility index (Phi) is 5.95. The second-order valence-corrected chi connectivity index (χ2v) is 6.45. The van der Waals surface area contributed by atoms with Crippen LogP contribution in [0.15, 0.2) is 41.8 Å². The van der Waals surface area contributed by atoms with Gasteiger partial charge in [-0.2, -0.15) is 0 Å². The average molecular weight is 402 g/mol. The van der Waals surface area contributed by atoms with Crippen molar-refractivity contribution >= 4 is 17.0 Å². The Bertz CT molecular complexity index is 988. The molecule has 3 aromatic rings. The van der Waals surface area contributed by atoms with Gasteiger partial charge in [0.1, 0.15) is 11.6 Å². The van der Waals surface area contributed by atoms with Gasteiger partial charge >= 0.3 is 0 Å². The first-order valence-corrected chi connectivity index (χ1v) is 9.05. The number of hydrogen-bond donors (Lipinski definition) is 0. The van der Waals surface area contributed by atoms with E-state index in [0.717, 1.165) is 10.6 Å². The van der Waals surface area contributed by atoms with Gasteiger partial charge in [-0.1, -0.05) is 0 Å². The number of nitro groups is 1. The molecule has 0 saturated heterocycles. The van der Waals surface area contributed by atoms with Crippen molar-refractivity contribution in [1.29, 1.82) is 0 Å². The van der Waals surface area contributed by atoms with Crippen molar-refractivity contribution in [2.24, 2.45) is 0 Å². The Hall–Kier alpha value is -3.33. The molecule has 0 amide bonds. The van der Waals surface area contributed by atoms with E-state index < -0.39 is 4.92 Å². The molecule has 0 N–H and O–H groups in total. The highest BCUT2D eigenvalue weighted by Gasteiger charge is 2.14. The molecular weight excluding hydrogens is 384 g/mol. The van der Waals surface area contributed by atoms with Crippen LogP contribution in [0.25, 0.3) is 10.6 Å². The van der Waals surface area contributed by atoms with Gasteiger partial charge in [0.2, 0.25) is 0 Å². The third-order valence-corrected chi connectivity index (χ3v) is 4.86. The third-order valence-electron chi connectivity index (χ3n) is 3.92. The quantitative estimate of drug-likeness (QED) is 0.409. The molecule has 3 rings (SSSR count). The van der Waals surface area contributed by atoms with E-state index in [4.69, 9.17) is 18.9 Å². The average Bonchev–Trinajstić information content (AvgIpc) is 3.20. The molecule has 0 radical (unpaired) electrons. The monoisotopic (exact) mass is 402 g/mol. The molecule has 9 heteroatoms. The lowest BCUT2D eigenvalue weighted by molar-refractivity contribution is -0.385. The van der Waals surface area contributed by atoms with Gasteiger partial charge in [0.25, 0.3) is 5.69 Å². The van der Waals surface area contributed by atoms with Gasteiger partial charge < -0.3 is 18.9 Å². The molecule has 146 valence electrons. The van der Waals surface area contributed by atoms with Crippen LogP contribution in [0.1, 0.15) is 5.69 Å². The zero-order valence-corrected chi connectivity index (χ0v) is 16.3. The van der Waals surface area contributed by atoms with Crippen LogP contribution in [0.4, 0.5) is 5.69 Å². The van der Waals surface area contributed by atoms with Gasteiger partial charge in [-0.25, -0.2) is 4.98 Å². The number of aromatic nitrogens is 1. The minimum atomic E-state index is -0.482. The van der Waals surface area contributed by atoms with Crippen molar-refractivity contribution in [3.8, 4) is 33.6 Å². The molecule has 1 heterocycles. The molecule has 2 aromatic carbocycles. The Balaban J connectivity index is 1.77. The molecule has 0 atom stereocenters. The van der Waals surface area contributed by atoms with Crippen LogP contribution in [0.3, 0.4) is 0 Å². The maximum absolute atomic E-state index is 11.0. The molecule has 8 nitrogen and oxygen atoms in total. The number of methoxy groups -OCH3 is 3. The summed E-state index contributed by atoms with van der Waals surface area (Å²) in [5.74, 6) is 1.97. The molecular formula is C19H18N2O6S. The van der Waals surface area contributed by atoms with Gasteiger partial charge in [-0.3, -0.25) is 10.1 Å². The van der Waals surface area contributed by atoms with E-state index in [-0.39, 0.29) is 18.0 Å². The predicted octanol–water partition coefficient (Wildman–Crippen LogP) is 4.32. The van der Waals surface area contributed by atoms with Gasteiger partial charge in [0.05, 0.1) is 38.0 Å². The summed E-state index contributed by atoms with van der Waals surface area (Å²) in [5, 5.41) is 13.6. The Labute approximate surface area is 165 Å². The summed E-state index contributed by atoms with van der Waals surface area (Å²) in [7, 11) is 4.64. The maximum Gasteiger partial charge on any atom is 0.273 e. The normalized spacial score (nSPS) is 10.4. The van der Waals surface area contributed by atoms with Gasteiger partial charge in [-0.05, 0) is 24.3 Å². The van der Waals surface area contributed by atoms with E-state index in [2.05, 4.69) is 4.98 Å². The SMILES string of the molecule is COc1ccc(-c2nc(COc3cc([N+](=O)[O-])ccc3OC)cs2)cc1OC. The summed E-state index contributed by atoms with van der Waals surface area (Å²) in [6.45, 7) is 0.154. The molecule has 0 unspecified atom stereocenters. The number of rotatable bonds is 8. The largest absolute Gasteiger partial charge is 0.493 e. The van der Waals surface area contributed by atoms with E-state index in [1.165, 1.54) is 36.6 Å². The van der Waals surface area contributed by atoms with Crippen LogP contribution in [0.2, 0.25) is 0 Å². The van der Waals surface area contributed by atoms with E-state index >= 15 is 0 Å².